The van der Waals surface area contributed by atoms with Gasteiger partial charge in [-0.05, 0) is 18.9 Å². The van der Waals surface area contributed by atoms with Gasteiger partial charge in [0.05, 0.1) is 17.8 Å². The van der Waals surface area contributed by atoms with E-state index in [9.17, 15) is 4.79 Å². The number of nitrogens with zero attached hydrogens (tertiary/aromatic N) is 1. The van der Waals surface area contributed by atoms with Crippen LogP contribution in [0, 0.1) is 5.92 Å². The van der Waals surface area contributed by atoms with Gasteiger partial charge in [0, 0.05) is 16.3 Å². The molecule has 2 rings (SSSR count). The highest BCUT2D eigenvalue weighted by Gasteiger charge is 2.37. The second kappa shape index (κ2) is 4.10. The lowest BCUT2D eigenvalue weighted by Crippen LogP contribution is -2.35. The summed E-state index contributed by atoms with van der Waals surface area (Å²) < 4.78 is 0. The number of thioether (sulfide) groups is 1. The van der Waals surface area contributed by atoms with Crippen molar-refractivity contribution in [3.8, 4) is 0 Å². The lowest BCUT2D eigenvalue weighted by Gasteiger charge is -2.32. The van der Waals surface area contributed by atoms with Gasteiger partial charge in [-0.15, -0.1) is 11.8 Å². The molecule has 0 spiro atoms. The minimum absolute atomic E-state index is 0.159. The molecule has 1 heterocycles. The molecule has 4 nitrogen and oxygen atoms in total. The van der Waals surface area contributed by atoms with Crippen molar-refractivity contribution in [1.82, 2.24) is 4.98 Å². The fraction of sp³-hybridized carbons (Fsp3) is 0.400. The van der Waals surface area contributed by atoms with Gasteiger partial charge in [0.15, 0.2) is 0 Å². The summed E-state index contributed by atoms with van der Waals surface area (Å²) in [5.41, 5.74) is 6.36. The zero-order valence-electron chi connectivity index (χ0n) is 8.09. The van der Waals surface area contributed by atoms with Crippen LogP contribution < -0.4 is 5.73 Å². The summed E-state index contributed by atoms with van der Waals surface area (Å²) in [6.07, 6.45) is 4.99. The van der Waals surface area contributed by atoms with E-state index in [-0.39, 0.29) is 11.2 Å². The van der Waals surface area contributed by atoms with E-state index in [4.69, 9.17) is 10.8 Å². The van der Waals surface area contributed by atoms with Crippen LogP contribution in [0.4, 0.5) is 5.69 Å². The molecule has 1 aromatic rings. The summed E-state index contributed by atoms with van der Waals surface area (Å²) in [4.78, 5) is 15.6. The van der Waals surface area contributed by atoms with Gasteiger partial charge in [0.25, 0.3) is 0 Å². The molecule has 0 aromatic carbocycles. The van der Waals surface area contributed by atoms with Crippen molar-refractivity contribution in [1.29, 1.82) is 0 Å². The highest BCUT2D eigenvalue weighted by molar-refractivity contribution is 8.00. The Balaban J connectivity index is 2.04. The Morgan fingerprint density at radius 3 is 2.93 bits per heavy atom. The molecule has 0 amide bonds. The first-order valence-corrected chi connectivity index (χ1v) is 5.65. The van der Waals surface area contributed by atoms with Crippen LogP contribution in [0.1, 0.15) is 12.8 Å². The van der Waals surface area contributed by atoms with Crippen molar-refractivity contribution in [3.05, 3.63) is 18.5 Å². The Bertz CT molecular complexity index is 383. The van der Waals surface area contributed by atoms with E-state index in [1.807, 2.05) is 6.07 Å². The molecule has 0 saturated heterocycles. The monoisotopic (exact) mass is 224 g/mol. The number of aliphatic carboxylic acids is 1. The maximum atomic E-state index is 10.8. The van der Waals surface area contributed by atoms with E-state index in [2.05, 4.69) is 4.98 Å². The SMILES string of the molecule is Nc1cnccc1SC1CCC1C(=O)O. The molecule has 1 aliphatic carbocycles. The number of anilines is 1. The number of rotatable bonds is 3. The van der Waals surface area contributed by atoms with Crippen molar-refractivity contribution in [2.45, 2.75) is 23.0 Å². The normalized spacial score (nSPS) is 24.5. The second-order valence-electron chi connectivity index (χ2n) is 3.59. The summed E-state index contributed by atoms with van der Waals surface area (Å²) in [6.45, 7) is 0. The molecule has 1 saturated carbocycles. The van der Waals surface area contributed by atoms with Crippen molar-refractivity contribution < 1.29 is 9.90 Å². The number of carboxylic acid groups (broad SMARTS) is 1. The van der Waals surface area contributed by atoms with Crippen LogP contribution in [0.3, 0.4) is 0 Å². The highest BCUT2D eigenvalue weighted by atomic mass is 32.2. The van der Waals surface area contributed by atoms with Gasteiger partial charge < -0.3 is 10.8 Å². The Labute approximate surface area is 91.9 Å². The number of hydrogen-bond donors (Lipinski definition) is 2. The third-order valence-corrected chi connectivity index (χ3v) is 4.11. The fourth-order valence-electron chi connectivity index (χ4n) is 1.56. The molecular weight excluding hydrogens is 212 g/mol. The molecule has 2 unspecified atom stereocenters. The van der Waals surface area contributed by atoms with Crippen molar-refractivity contribution in [3.63, 3.8) is 0 Å². The highest BCUT2D eigenvalue weighted by Crippen LogP contribution is 2.42. The quantitative estimate of drug-likeness (QED) is 0.815. The van der Waals surface area contributed by atoms with Crippen LogP contribution in [0.2, 0.25) is 0 Å². The lowest BCUT2D eigenvalue weighted by molar-refractivity contribution is -0.144. The minimum atomic E-state index is -0.702. The number of aromatic nitrogens is 1. The zero-order valence-corrected chi connectivity index (χ0v) is 8.91. The first-order chi connectivity index (χ1) is 7.18. The molecule has 15 heavy (non-hydrogen) atoms. The number of pyridine rings is 1. The summed E-state index contributed by atoms with van der Waals surface area (Å²) in [6, 6.07) is 1.83. The molecule has 3 N–H and O–H groups in total. The molecule has 80 valence electrons. The molecule has 2 atom stereocenters. The van der Waals surface area contributed by atoms with E-state index in [1.54, 1.807) is 24.2 Å². The number of nitrogens with two attached hydrogens (primary N) is 1. The Hall–Kier alpha value is -1.23. The standard InChI is InChI=1S/C10H12N2O2S/c11-7-5-12-4-3-9(7)15-8-2-1-6(8)10(13)14/h3-6,8H,1-2,11H2,(H,13,14). The predicted molar refractivity (Wildman–Crippen MR) is 58.7 cm³/mol. The molecule has 1 aliphatic rings. The lowest BCUT2D eigenvalue weighted by atomic mass is 9.85. The number of nitrogen functional groups attached to an aromatic ring is 1. The Morgan fingerprint density at radius 1 is 1.60 bits per heavy atom. The van der Waals surface area contributed by atoms with Gasteiger partial charge in [-0.25, -0.2) is 0 Å². The van der Waals surface area contributed by atoms with Crippen LogP contribution in [0.25, 0.3) is 0 Å². The smallest absolute Gasteiger partial charge is 0.307 e. The van der Waals surface area contributed by atoms with E-state index in [1.165, 1.54) is 0 Å². The fourth-order valence-corrected chi connectivity index (χ4v) is 2.88. The van der Waals surface area contributed by atoms with Crippen LogP contribution in [-0.2, 0) is 4.79 Å². The Kier molecular flexibility index (Phi) is 2.81. The first kappa shape index (κ1) is 10.3. The molecule has 1 aromatic heterocycles. The number of carbonyl (C=O) groups is 1. The summed E-state index contributed by atoms with van der Waals surface area (Å²) >= 11 is 1.55. The van der Waals surface area contributed by atoms with Crippen molar-refractivity contribution in [2.24, 2.45) is 5.92 Å². The van der Waals surface area contributed by atoms with Crippen LogP contribution in [0.15, 0.2) is 23.4 Å². The average Bonchev–Trinajstić information content (AvgIpc) is 2.13. The topological polar surface area (TPSA) is 76.2 Å². The summed E-state index contributed by atoms with van der Waals surface area (Å²) in [5, 5.41) is 9.05. The van der Waals surface area contributed by atoms with Gasteiger partial charge >= 0.3 is 5.97 Å². The van der Waals surface area contributed by atoms with E-state index in [0.29, 0.717) is 5.69 Å². The average molecular weight is 224 g/mol. The van der Waals surface area contributed by atoms with E-state index in [0.717, 1.165) is 17.7 Å². The van der Waals surface area contributed by atoms with Crippen LogP contribution >= 0.6 is 11.8 Å². The zero-order chi connectivity index (χ0) is 10.8. The van der Waals surface area contributed by atoms with E-state index >= 15 is 0 Å². The maximum absolute atomic E-state index is 10.8. The largest absolute Gasteiger partial charge is 0.481 e. The molecule has 0 aliphatic heterocycles. The molecular formula is C10H12N2O2S. The van der Waals surface area contributed by atoms with Gasteiger partial charge in [-0.1, -0.05) is 0 Å². The van der Waals surface area contributed by atoms with Crippen molar-refractivity contribution >= 4 is 23.4 Å². The van der Waals surface area contributed by atoms with Crippen LogP contribution in [0.5, 0.6) is 0 Å². The van der Waals surface area contributed by atoms with Crippen molar-refractivity contribution in [2.75, 3.05) is 5.73 Å². The van der Waals surface area contributed by atoms with Crippen LogP contribution in [-0.4, -0.2) is 21.3 Å². The summed E-state index contributed by atoms with van der Waals surface area (Å²) in [5.74, 6) is -0.922. The van der Waals surface area contributed by atoms with Gasteiger partial charge in [0.1, 0.15) is 0 Å². The van der Waals surface area contributed by atoms with Gasteiger partial charge in [0.2, 0.25) is 0 Å². The maximum Gasteiger partial charge on any atom is 0.307 e. The molecule has 0 radical (unpaired) electrons. The number of hydrogen-bond acceptors (Lipinski definition) is 4. The molecule has 5 heteroatoms. The second-order valence-corrected chi connectivity index (χ2v) is 4.87. The Morgan fingerprint density at radius 2 is 2.40 bits per heavy atom. The van der Waals surface area contributed by atoms with Gasteiger partial charge in [-0.3, -0.25) is 9.78 Å². The third kappa shape index (κ3) is 2.07. The third-order valence-electron chi connectivity index (χ3n) is 2.62. The number of carboxylic acids is 1. The van der Waals surface area contributed by atoms with Gasteiger partial charge in [-0.2, -0.15) is 0 Å². The van der Waals surface area contributed by atoms with E-state index < -0.39 is 5.97 Å². The first-order valence-electron chi connectivity index (χ1n) is 4.77. The summed E-state index contributed by atoms with van der Waals surface area (Å²) in [7, 11) is 0. The predicted octanol–water partition coefficient (Wildman–Crippen LogP) is 1.62. The minimum Gasteiger partial charge on any atom is -0.481 e. The molecule has 1 fully saturated rings. The molecule has 0 bridgehead atoms.